The van der Waals surface area contributed by atoms with Gasteiger partial charge in [0.2, 0.25) is 5.90 Å². The van der Waals surface area contributed by atoms with Crippen LogP contribution in [0.15, 0.2) is 76.8 Å². The number of ether oxygens (including phenoxy) is 2. The van der Waals surface area contributed by atoms with E-state index in [2.05, 4.69) is 74.4 Å². The molecule has 1 aliphatic heterocycles. The molecule has 2 aromatic rings. The van der Waals surface area contributed by atoms with Gasteiger partial charge in [0.1, 0.15) is 11.6 Å². The largest absolute Gasteiger partial charge is 0.464 e. The second-order valence-electron chi connectivity index (χ2n) is 15.2. The van der Waals surface area contributed by atoms with Crippen molar-refractivity contribution < 1.29 is 14.3 Å². The van der Waals surface area contributed by atoms with Gasteiger partial charge in [0.25, 0.3) is 0 Å². The van der Waals surface area contributed by atoms with E-state index in [1.54, 1.807) is 0 Å². The van der Waals surface area contributed by atoms with Crippen LogP contribution in [0, 0.1) is 21.7 Å². The van der Waals surface area contributed by atoms with Crippen molar-refractivity contribution in [2.75, 3.05) is 0 Å². The SMILES string of the molecule is CC(C)(C)OC(=O)[C@]12C(C(C)(C)C)=C(C(C)(C)C)[C@@]1(C(C)(C)C)OC(c1ccccc1)=NC2c1ccccc1. The summed E-state index contributed by atoms with van der Waals surface area (Å²) in [6, 6.07) is 19.7. The van der Waals surface area contributed by atoms with Crippen LogP contribution in [0.25, 0.3) is 0 Å². The number of rotatable bonds is 3. The lowest BCUT2D eigenvalue weighted by molar-refractivity contribution is -0.212. The maximum absolute atomic E-state index is 15.0. The Morgan fingerprint density at radius 3 is 1.67 bits per heavy atom. The van der Waals surface area contributed by atoms with Gasteiger partial charge in [0, 0.05) is 11.0 Å². The first-order chi connectivity index (χ1) is 17.8. The molecule has 0 saturated heterocycles. The van der Waals surface area contributed by atoms with E-state index in [-0.39, 0.29) is 16.8 Å². The Morgan fingerprint density at radius 1 is 0.744 bits per heavy atom. The number of carbonyl (C=O) groups is 1. The maximum atomic E-state index is 15.0. The standard InChI is InChI=1S/C35H47NO3/c1-30(2,3)25-26(31(4,5)6)35(32(7,8)9)34(25,29(37)39-33(10,11)12)27(23-19-15-13-16-20-23)36-28(38-35)24-21-17-14-18-22-24/h13-22,27H,1-12H3/t27?,34-,35+/m1/s1. The molecule has 2 aromatic carbocycles. The van der Waals surface area contributed by atoms with Gasteiger partial charge in [-0.05, 0) is 60.4 Å². The average Bonchev–Trinajstić information content (AvgIpc) is 2.76. The van der Waals surface area contributed by atoms with Crippen LogP contribution in [0.5, 0.6) is 0 Å². The molecule has 1 aliphatic carbocycles. The van der Waals surface area contributed by atoms with Crippen molar-refractivity contribution in [1.82, 2.24) is 0 Å². The minimum atomic E-state index is -1.17. The van der Waals surface area contributed by atoms with Gasteiger partial charge in [-0.25, -0.2) is 4.99 Å². The number of nitrogens with zero attached hydrogens (tertiary/aromatic N) is 1. The minimum absolute atomic E-state index is 0.271. The van der Waals surface area contributed by atoms with Crippen molar-refractivity contribution in [3.63, 3.8) is 0 Å². The maximum Gasteiger partial charge on any atom is 0.323 e. The highest BCUT2D eigenvalue weighted by Crippen LogP contribution is 2.76. The van der Waals surface area contributed by atoms with Crippen molar-refractivity contribution in [1.29, 1.82) is 0 Å². The molecule has 210 valence electrons. The van der Waals surface area contributed by atoms with E-state index in [0.29, 0.717) is 5.90 Å². The topological polar surface area (TPSA) is 47.9 Å². The molecule has 1 unspecified atom stereocenters. The van der Waals surface area contributed by atoms with E-state index >= 15 is 0 Å². The average molecular weight is 530 g/mol. The van der Waals surface area contributed by atoms with Crippen LogP contribution in [-0.4, -0.2) is 23.1 Å². The van der Waals surface area contributed by atoms with Crippen LogP contribution >= 0.6 is 0 Å². The fraction of sp³-hybridized carbons (Fsp3) is 0.543. The second kappa shape index (κ2) is 9.08. The molecule has 1 heterocycles. The Bertz CT molecular complexity index is 1290. The van der Waals surface area contributed by atoms with Crippen LogP contribution in [0.1, 0.15) is 100 Å². The van der Waals surface area contributed by atoms with Crippen LogP contribution in [0.4, 0.5) is 0 Å². The summed E-state index contributed by atoms with van der Waals surface area (Å²) in [6.07, 6.45) is 0. The zero-order valence-corrected chi connectivity index (χ0v) is 26.0. The second-order valence-corrected chi connectivity index (χ2v) is 15.2. The lowest BCUT2D eigenvalue weighted by Gasteiger charge is -2.71. The minimum Gasteiger partial charge on any atom is -0.464 e. The summed E-state index contributed by atoms with van der Waals surface area (Å²) < 4.78 is 13.6. The number of esters is 1. The van der Waals surface area contributed by atoms with Crippen LogP contribution in [-0.2, 0) is 14.3 Å². The summed E-state index contributed by atoms with van der Waals surface area (Å²) in [5, 5.41) is 0. The molecule has 0 spiro atoms. The monoisotopic (exact) mass is 529 g/mol. The molecular weight excluding hydrogens is 482 g/mol. The molecule has 3 atom stereocenters. The van der Waals surface area contributed by atoms with Crippen molar-refractivity contribution in [2.24, 2.45) is 26.7 Å². The van der Waals surface area contributed by atoms with E-state index in [9.17, 15) is 4.79 Å². The first kappa shape index (κ1) is 29.1. The van der Waals surface area contributed by atoms with E-state index in [0.717, 1.165) is 16.7 Å². The molecule has 39 heavy (non-hydrogen) atoms. The van der Waals surface area contributed by atoms with Gasteiger partial charge in [-0.15, -0.1) is 0 Å². The van der Waals surface area contributed by atoms with Crippen molar-refractivity contribution in [3.05, 3.63) is 82.9 Å². The molecule has 2 aliphatic rings. The third-order valence-electron chi connectivity index (χ3n) is 7.87. The Labute approximate surface area is 235 Å². The molecule has 0 amide bonds. The summed E-state index contributed by atoms with van der Waals surface area (Å²) in [5.41, 5.74) is 0.175. The van der Waals surface area contributed by atoms with Gasteiger partial charge in [-0.3, -0.25) is 4.79 Å². The highest BCUT2D eigenvalue weighted by atomic mass is 16.6. The smallest absolute Gasteiger partial charge is 0.323 e. The quantitative estimate of drug-likeness (QED) is 0.295. The zero-order valence-electron chi connectivity index (χ0n) is 26.0. The third-order valence-corrected chi connectivity index (χ3v) is 7.87. The highest BCUT2D eigenvalue weighted by Gasteiger charge is 2.82. The summed E-state index contributed by atoms with van der Waals surface area (Å²) >= 11 is 0. The summed E-state index contributed by atoms with van der Waals surface area (Å²) in [7, 11) is 0. The molecular formula is C35H47NO3. The molecule has 0 radical (unpaired) electrons. The number of aliphatic imine (C=N–C) groups is 1. The molecule has 0 N–H and O–H groups in total. The van der Waals surface area contributed by atoms with E-state index in [1.165, 1.54) is 5.57 Å². The first-order valence-electron chi connectivity index (χ1n) is 14.2. The van der Waals surface area contributed by atoms with Crippen molar-refractivity contribution >= 4 is 11.9 Å². The Hall–Kier alpha value is -2.88. The molecule has 0 aromatic heterocycles. The van der Waals surface area contributed by atoms with E-state index < -0.39 is 28.1 Å². The summed E-state index contributed by atoms with van der Waals surface area (Å²) in [5.74, 6) is 0.292. The third kappa shape index (κ3) is 4.44. The van der Waals surface area contributed by atoms with E-state index in [4.69, 9.17) is 14.5 Å². The van der Waals surface area contributed by atoms with Crippen molar-refractivity contribution in [3.8, 4) is 0 Å². The predicted molar refractivity (Wildman–Crippen MR) is 160 cm³/mol. The Kier molecular flexibility index (Phi) is 6.77. The predicted octanol–water partition coefficient (Wildman–Crippen LogP) is 8.72. The number of fused-ring (bicyclic) bond motifs is 1. The first-order valence-corrected chi connectivity index (χ1v) is 14.2. The molecule has 4 heteroatoms. The molecule has 0 saturated carbocycles. The Morgan fingerprint density at radius 2 is 1.23 bits per heavy atom. The zero-order chi connectivity index (χ0) is 29.2. The number of hydrogen-bond donors (Lipinski definition) is 0. The van der Waals surface area contributed by atoms with Gasteiger partial charge in [0.15, 0.2) is 11.0 Å². The van der Waals surface area contributed by atoms with Gasteiger partial charge in [-0.1, -0.05) is 111 Å². The number of benzene rings is 2. The van der Waals surface area contributed by atoms with Gasteiger partial charge in [-0.2, -0.15) is 0 Å². The van der Waals surface area contributed by atoms with Crippen molar-refractivity contribution in [2.45, 2.75) is 100 Å². The van der Waals surface area contributed by atoms with Crippen LogP contribution in [0.2, 0.25) is 0 Å². The molecule has 4 nitrogen and oxygen atoms in total. The lowest BCUT2D eigenvalue weighted by Crippen LogP contribution is -2.77. The van der Waals surface area contributed by atoms with Crippen LogP contribution < -0.4 is 0 Å². The summed E-state index contributed by atoms with van der Waals surface area (Å²) in [4.78, 5) is 20.3. The van der Waals surface area contributed by atoms with Crippen LogP contribution in [0.3, 0.4) is 0 Å². The normalized spacial score (nSPS) is 25.7. The van der Waals surface area contributed by atoms with E-state index in [1.807, 2.05) is 69.3 Å². The highest BCUT2D eigenvalue weighted by molar-refractivity contribution is 6.00. The number of carbonyl (C=O) groups excluding carboxylic acids is 1. The molecule has 4 rings (SSSR count). The molecule has 0 bridgehead atoms. The van der Waals surface area contributed by atoms with Gasteiger partial charge >= 0.3 is 5.97 Å². The number of hydrogen-bond acceptors (Lipinski definition) is 4. The van der Waals surface area contributed by atoms with Gasteiger partial charge in [0.05, 0.1) is 0 Å². The molecule has 0 fully saturated rings. The summed E-state index contributed by atoms with van der Waals surface area (Å²) in [6.45, 7) is 25.7. The fourth-order valence-corrected chi connectivity index (χ4v) is 6.91. The fourth-order valence-electron chi connectivity index (χ4n) is 6.91. The lowest BCUT2D eigenvalue weighted by atomic mass is 9.36. The Balaban J connectivity index is 2.24. The van der Waals surface area contributed by atoms with Gasteiger partial charge < -0.3 is 9.47 Å².